The van der Waals surface area contributed by atoms with Crippen molar-refractivity contribution in [3.05, 3.63) is 65.4 Å². The smallest absolute Gasteiger partial charge is 0.376 e. The predicted molar refractivity (Wildman–Crippen MR) is 181 cm³/mol. The first-order valence-electron chi connectivity index (χ1n) is 17.3. The lowest BCUT2D eigenvalue weighted by atomic mass is 9.88. The summed E-state index contributed by atoms with van der Waals surface area (Å²) in [4.78, 5) is 43.9. The van der Waals surface area contributed by atoms with Gasteiger partial charge in [-0.1, -0.05) is 30.3 Å². The Labute approximate surface area is 285 Å². The number of halogens is 3. The van der Waals surface area contributed by atoms with Crippen molar-refractivity contribution in [1.29, 1.82) is 0 Å². The Morgan fingerprint density at radius 2 is 1.76 bits per heavy atom. The zero-order valence-corrected chi connectivity index (χ0v) is 28.3. The van der Waals surface area contributed by atoms with Crippen LogP contribution in [-0.4, -0.2) is 108 Å². The van der Waals surface area contributed by atoms with Crippen LogP contribution in [0.4, 0.5) is 18.9 Å². The first kappa shape index (κ1) is 35.1. The highest BCUT2D eigenvalue weighted by Gasteiger charge is 2.40. The fraction of sp³-hybridized carbons (Fsp3) is 0.541. The summed E-state index contributed by atoms with van der Waals surface area (Å²) >= 11 is 0. The quantitative estimate of drug-likeness (QED) is 0.296. The van der Waals surface area contributed by atoms with Crippen LogP contribution in [0.5, 0.6) is 0 Å². The van der Waals surface area contributed by atoms with Gasteiger partial charge in [0.1, 0.15) is 6.29 Å². The predicted octanol–water partition coefficient (Wildman–Crippen LogP) is 5.21. The average Bonchev–Trinajstić information content (AvgIpc) is 3.66. The summed E-state index contributed by atoms with van der Waals surface area (Å²) in [5.41, 5.74) is 3.92. The summed E-state index contributed by atoms with van der Waals surface area (Å²) in [5.74, 6) is -0.136. The van der Waals surface area contributed by atoms with E-state index in [1.54, 1.807) is 0 Å². The van der Waals surface area contributed by atoms with Crippen LogP contribution in [0.2, 0.25) is 0 Å². The summed E-state index contributed by atoms with van der Waals surface area (Å²) in [6, 6.07) is 13.3. The molecule has 12 heteroatoms. The molecule has 1 aliphatic carbocycles. The van der Waals surface area contributed by atoms with Gasteiger partial charge < -0.3 is 24.3 Å². The van der Waals surface area contributed by atoms with Crippen molar-refractivity contribution in [1.82, 2.24) is 19.3 Å². The molecule has 3 aromatic rings. The van der Waals surface area contributed by atoms with E-state index in [1.165, 1.54) is 4.90 Å². The number of nitrogens with zero attached hydrogens (tertiary/aromatic N) is 4. The highest BCUT2D eigenvalue weighted by Crippen LogP contribution is 2.30. The lowest BCUT2D eigenvalue weighted by molar-refractivity contribution is -0.150. The molecule has 1 N–H and O–H groups in total. The van der Waals surface area contributed by atoms with Gasteiger partial charge in [-0.3, -0.25) is 19.4 Å². The number of piperazine rings is 1. The van der Waals surface area contributed by atoms with E-state index in [-0.39, 0.29) is 42.3 Å². The summed E-state index contributed by atoms with van der Waals surface area (Å²) in [5, 5.41) is 3.91. The number of hydrogen-bond acceptors (Lipinski definition) is 6. The third kappa shape index (κ3) is 8.53. The van der Waals surface area contributed by atoms with Crippen molar-refractivity contribution in [3.8, 4) is 0 Å². The number of ether oxygens (including phenoxy) is 1. The van der Waals surface area contributed by atoms with Crippen molar-refractivity contribution >= 4 is 34.7 Å². The number of benzene rings is 2. The number of alkyl halides is 3. The van der Waals surface area contributed by atoms with Gasteiger partial charge in [0.15, 0.2) is 0 Å². The van der Waals surface area contributed by atoms with Gasteiger partial charge in [0.25, 0.3) is 5.91 Å². The first-order chi connectivity index (χ1) is 23.5. The standard InChI is InChI=1S/C37H46F3N5O4/c1-25-17-27(9-12-33(25)41-36(48)32-21-42(2)34-6-4-3-5-31(32)34)18-35(47)45-20-28(44-15-13-43(14-16-44)24-37(38,39)40)19-29(45)23-49-30-10-7-26(22-46)8-11-30/h3-6,9,12,17,21-22,26,28-30H,7-8,10-11,13-16,18-20,23-24H2,1-2H3,(H,41,48)/t26-,28-,29-,30-/m0/s1. The van der Waals surface area contributed by atoms with E-state index in [0.717, 1.165) is 54.0 Å². The van der Waals surface area contributed by atoms with E-state index in [4.69, 9.17) is 4.74 Å². The second-order valence-corrected chi connectivity index (χ2v) is 14.0. The molecule has 1 saturated carbocycles. The first-order valence-corrected chi connectivity index (χ1v) is 17.3. The second-order valence-electron chi connectivity index (χ2n) is 14.0. The summed E-state index contributed by atoms with van der Waals surface area (Å²) in [6.45, 7) is 3.64. The largest absolute Gasteiger partial charge is 0.401 e. The number of aryl methyl sites for hydroxylation is 2. The van der Waals surface area contributed by atoms with Crippen molar-refractivity contribution in [2.75, 3.05) is 51.2 Å². The molecular formula is C37H46F3N5O4. The van der Waals surface area contributed by atoms with Crippen LogP contribution >= 0.6 is 0 Å². The number of nitrogens with one attached hydrogen (secondary N) is 1. The highest BCUT2D eigenvalue weighted by molar-refractivity contribution is 6.13. The van der Waals surface area contributed by atoms with Crippen LogP contribution in [-0.2, 0) is 27.8 Å². The molecule has 9 nitrogen and oxygen atoms in total. The van der Waals surface area contributed by atoms with Gasteiger partial charge in [-0.05, 0) is 62.3 Å². The molecule has 6 rings (SSSR count). The molecule has 0 bridgehead atoms. The van der Waals surface area contributed by atoms with Crippen molar-refractivity contribution in [2.24, 2.45) is 13.0 Å². The van der Waals surface area contributed by atoms with Crippen LogP contribution in [0, 0.1) is 12.8 Å². The third-order valence-corrected chi connectivity index (χ3v) is 10.5. The lowest BCUT2D eigenvalue weighted by Gasteiger charge is -2.38. The van der Waals surface area contributed by atoms with Crippen molar-refractivity contribution in [2.45, 2.75) is 69.8 Å². The molecule has 3 fully saturated rings. The number of rotatable bonds is 10. The zero-order chi connectivity index (χ0) is 34.7. The van der Waals surface area contributed by atoms with E-state index in [9.17, 15) is 27.6 Å². The van der Waals surface area contributed by atoms with E-state index < -0.39 is 12.7 Å². The molecule has 2 amide bonds. The molecule has 2 atom stereocenters. The fourth-order valence-corrected chi connectivity index (χ4v) is 7.76. The lowest BCUT2D eigenvalue weighted by Crippen LogP contribution is -2.52. The van der Waals surface area contributed by atoms with Crippen LogP contribution in [0.25, 0.3) is 10.9 Å². The number of carbonyl (C=O) groups excluding carboxylic acids is 3. The second kappa shape index (κ2) is 15.0. The van der Waals surface area contributed by atoms with E-state index in [2.05, 4.69) is 10.2 Å². The number of amides is 2. The monoisotopic (exact) mass is 681 g/mol. The molecule has 2 aromatic carbocycles. The van der Waals surface area contributed by atoms with Crippen molar-refractivity contribution in [3.63, 3.8) is 0 Å². The van der Waals surface area contributed by atoms with Crippen LogP contribution in [0.15, 0.2) is 48.7 Å². The maximum atomic E-state index is 13.9. The molecular weight excluding hydrogens is 635 g/mol. The molecule has 0 unspecified atom stereocenters. The zero-order valence-electron chi connectivity index (χ0n) is 28.3. The molecule has 2 saturated heterocycles. The number of anilines is 1. The average molecular weight is 682 g/mol. The maximum Gasteiger partial charge on any atom is 0.401 e. The Bertz CT molecular complexity index is 1640. The fourth-order valence-electron chi connectivity index (χ4n) is 7.76. The molecule has 3 heterocycles. The molecule has 49 heavy (non-hydrogen) atoms. The van der Waals surface area contributed by atoms with Gasteiger partial charge in [-0.15, -0.1) is 0 Å². The Kier molecular flexibility index (Phi) is 10.8. The molecule has 0 spiro atoms. The van der Waals surface area contributed by atoms with Gasteiger partial charge in [0, 0.05) is 74.5 Å². The number of para-hydroxylation sites is 1. The third-order valence-electron chi connectivity index (χ3n) is 10.5. The SMILES string of the molecule is Cc1cc(CC(=O)N2C[C@@H](N3CCN(CC(F)(F)F)CC3)C[C@H]2CO[C@H]2CC[C@H](C=O)CC2)ccc1NC(=O)c1cn(C)c2ccccc12. The van der Waals surface area contributed by atoms with E-state index in [0.29, 0.717) is 57.0 Å². The summed E-state index contributed by atoms with van der Waals surface area (Å²) < 4.78 is 47.2. The van der Waals surface area contributed by atoms with E-state index >= 15 is 0 Å². The molecule has 2 aliphatic heterocycles. The Balaban J connectivity index is 1.10. The normalized spacial score (nSPS) is 24.0. The van der Waals surface area contributed by atoms with Gasteiger partial charge >= 0.3 is 6.18 Å². The Hall–Kier alpha value is -3.74. The number of fused-ring (bicyclic) bond motifs is 1. The molecule has 0 radical (unpaired) electrons. The van der Waals surface area contributed by atoms with Gasteiger partial charge in [0.05, 0.1) is 37.3 Å². The molecule has 1 aromatic heterocycles. The summed E-state index contributed by atoms with van der Waals surface area (Å²) in [7, 11) is 1.91. The number of carbonyl (C=O) groups is 3. The number of aromatic nitrogens is 1. The van der Waals surface area contributed by atoms with Gasteiger partial charge in [-0.2, -0.15) is 13.2 Å². The van der Waals surface area contributed by atoms with Crippen LogP contribution in [0.1, 0.15) is 53.6 Å². The number of aldehydes is 1. The number of likely N-dealkylation sites (tertiary alicyclic amines) is 1. The minimum absolute atomic E-state index is 0.0246. The topological polar surface area (TPSA) is 87.1 Å². The van der Waals surface area contributed by atoms with Crippen LogP contribution in [0.3, 0.4) is 0 Å². The summed E-state index contributed by atoms with van der Waals surface area (Å²) in [6.07, 6.45) is 2.83. The van der Waals surface area contributed by atoms with Crippen molar-refractivity contribution < 1.29 is 32.3 Å². The Morgan fingerprint density at radius 3 is 2.45 bits per heavy atom. The molecule has 264 valence electrons. The van der Waals surface area contributed by atoms with Gasteiger partial charge in [0.2, 0.25) is 5.91 Å². The molecule has 3 aliphatic rings. The number of hydrogen-bond donors (Lipinski definition) is 1. The van der Waals surface area contributed by atoms with Crippen LogP contribution < -0.4 is 5.32 Å². The van der Waals surface area contributed by atoms with Gasteiger partial charge in [-0.25, -0.2) is 0 Å². The highest BCUT2D eigenvalue weighted by atomic mass is 19.4. The minimum Gasteiger partial charge on any atom is -0.376 e. The minimum atomic E-state index is -4.22. The van der Waals surface area contributed by atoms with E-state index in [1.807, 2.05) is 72.1 Å². The maximum absolute atomic E-state index is 13.9. The Morgan fingerprint density at radius 1 is 1.02 bits per heavy atom.